The summed E-state index contributed by atoms with van der Waals surface area (Å²) < 4.78 is 0. The molecule has 82 valence electrons. The monoisotopic (exact) mass is 226 g/mol. The summed E-state index contributed by atoms with van der Waals surface area (Å²) in [6.45, 7) is 0.0273. The number of aromatic nitrogens is 1. The van der Waals surface area contributed by atoms with Crippen molar-refractivity contribution in [2.45, 2.75) is 12.5 Å². The van der Waals surface area contributed by atoms with Crippen LogP contribution in [0.25, 0.3) is 10.9 Å². The van der Waals surface area contributed by atoms with Crippen LogP contribution < -0.4 is 5.73 Å². The molecule has 0 fully saturated rings. The normalized spacial score (nSPS) is 12.4. The number of H-pyrrole nitrogens is 1. The van der Waals surface area contributed by atoms with Crippen molar-refractivity contribution in [2.75, 3.05) is 6.61 Å². The number of hydrogen-bond acceptors (Lipinski definition) is 2. The molecule has 4 heteroatoms. The lowest BCUT2D eigenvalue weighted by Crippen LogP contribution is -2.26. The average molecular weight is 227 g/mol. The van der Waals surface area contributed by atoms with Crippen molar-refractivity contribution < 1.29 is 5.11 Å². The Morgan fingerprint density at radius 2 is 2.07 bits per heavy atom. The second-order valence-electron chi connectivity index (χ2n) is 3.51. The molecule has 1 aromatic carbocycles. The largest absolute Gasteiger partial charge is 0.395 e. The Hall–Kier alpha value is -1.03. The average Bonchev–Trinajstić information content (AvgIpc) is 2.62. The van der Waals surface area contributed by atoms with Crippen LogP contribution in [0.2, 0.25) is 0 Å². The first kappa shape index (κ1) is 12.0. The Balaban J connectivity index is 0.00000112. The van der Waals surface area contributed by atoms with E-state index < -0.39 is 0 Å². The zero-order valence-electron chi connectivity index (χ0n) is 8.31. The molecule has 4 N–H and O–H groups in total. The van der Waals surface area contributed by atoms with Gasteiger partial charge < -0.3 is 15.8 Å². The highest BCUT2D eigenvalue weighted by Crippen LogP contribution is 2.18. The van der Waals surface area contributed by atoms with Crippen molar-refractivity contribution >= 4 is 23.3 Å². The molecule has 1 atom stereocenters. The molecule has 1 aromatic heterocycles. The van der Waals surface area contributed by atoms with Crippen LogP contribution in [0.15, 0.2) is 30.5 Å². The minimum Gasteiger partial charge on any atom is -0.395 e. The van der Waals surface area contributed by atoms with Gasteiger partial charge in [0.2, 0.25) is 0 Å². The van der Waals surface area contributed by atoms with E-state index in [9.17, 15) is 0 Å². The molecule has 2 rings (SSSR count). The van der Waals surface area contributed by atoms with Crippen LogP contribution in [0, 0.1) is 0 Å². The van der Waals surface area contributed by atoms with E-state index in [0.29, 0.717) is 6.42 Å². The van der Waals surface area contributed by atoms with Crippen molar-refractivity contribution in [3.8, 4) is 0 Å². The number of benzene rings is 1. The molecular weight excluding hydrogens is 212 g/mol. The molecule has 0 saturated carbocycles. The Morgan fingerprint density at radius 3 is 2.80 bits per heavy atom. The molecular formula is C11H15ClN2O. The number of fused-ring (bicyclic) bond motifs is 1. The van der Waals surface area contributed by atoms with E-state index in [2.05, 4.69) is 11.1 Å². The van der Waals surface area contributed by atoms with Gasteiger partial charge in [0.05, 0.1) is 6.61 Å². The lowest BCUT2D eigenvalue weighted by atomic mass is 10.1. The van der Waals surface area contributed by atoms with Crippen molar-refractivity contribution in [1.29, 1.82) is 0 Å². The van der Waals surface area contributed by atoms with E-state index in [-0.39, 0.29) is 25.1 Å². The maximum atomic E-state index is 8.87. The van der Waals surface area contributed by atoms with Gasteiger partial charge in [0.25, 0.3) is 0 Å². The molecule has 0 amide bonds. The first-order chi connectivity index (χ1) is 6.81. The molecule has 0 bridgehead atoms. The van der Waals surface area contributed by atoms with Gasteiger partial charge >= 0.3 is 0 Å². The van der Waals surface area contributed by atoms with Crippen molar-refractivity contribution in [2.24, 2.45) is 5.73 Å². The molecule has 0 aliphatic carbocycles. The predicted octanol–water partition coefficient (Wildman–Crippen LogP) is 1.45. The van der Waals surface area contributed by atoms with E-state index in [1.54, 1.807) is 0 Å². The van der Waals surface area contributed by atoms with E-state index in [1.165, 1.54) is 10.9 Å². The third-order valence-corrected chi connectivity index (χ3v) is 2.39. The standard InChI is InChI=1S/C11H14N2O.ClH/c12-9(7-14)5-8-6-13-11-4-2-1-3-10(8)11;/h1-4,6,9,13-14H,5,7,12H2;1H/t9-;/m0./s1. The minimum atomic E-state index is -0.172. The molecule has 15 heavy (non-hydrogen) atoms. The number of hydrogen-bond donors (Lipinski definition) is 3. The number of aromatic amines is 1. The number of aliphatic hydroxyl groups is 1. The maximum absolute atomic E-state index is 8.87. The summed E-state index contributed by atoms with van der Waals surface area (Å²) in [5.41, 5.74) is 7.98. The van der Waals surface area contributed by atoms with Gasteiger partial charge in [0.15, 0.2) is 0 Å². The van der Waals surface area contributed by atoms with E-state index in [1.807, 2.05) is 24.4 Å². The molecule has 1 heterocycles. The highest BCUT2D eigenvalue weighted by Gasteiger charge is 2.06. The van der Waals surface area contributed by atoms with Crippen LogP contribution in [0.1, 0.15) is 5.56 Å². The van der Waals surface area contributed by atoms with Gasteiger partial charge in [-0.15, -0.1) is 12.4 Å². The minimum absolute atomic E-state index is 0. The summed E-state index contributed by atoms with van der Waals surface area (Å²) in [6, 6.07) is 7.92. The first-order valence-corrected chi connectivity index (χ1v) is 4.72. The van der Waals surface area contributed by atoms with Gasteiger partial charge in [0.1, 0.15) is 0 Å². The number of halogens is 1. The van der Waals surface area contributed by atoms with Gasteiger partial charge in [-0.1, -0.05) is 18.2 Å². The highest BCUT2D eigenvalue weighted by atomic mass is 35.5. The van der Waals surface area contributed by atoms with Gasteiger partial charge in [-0.2, -0.15) is 0 Å². The lowest BCUT2D eigenvalue weighted by Gasteiger charge is -2.05. The fraction of sp³-hybridized carbons (Fsp3) is 0.273. The lowest BCUT2D eigenvalue weighted by molar-refractivity contribution is 0.265. The molecule has 3 nitrogen and oxygen atoms in total. The SMILES string of the molecule is Cl.N[C@H](CO)Cc1c[nH]c2ccccc12. The van der Waals surface area contributed by atoms with Crippen molar-refractivity contribution in [3.05, 3.63) is 36.0 Å². The van der Waals surface area contributed by atoms with Gasteiger partial charge in [-0.05, 0) is 18.1 Å². The Labute approximate surface area is 94.7 Å². The number of rotatable bonds is 3. The topological polar surface area (TPSA) is 62.0 Å². The number of nitrogens with one attached hydrogen (secondary N) is 1. The summed E-state index contributed by atoms with van der Waals surface area (Å²) in [6.07, 6.45) is 2.67. The highest BCUT2D eigenvalue weighted by molar-refractivity contribution is 5.85. The molecule has 0 aliphatic heterocycles. The van der Waals surface area contributed by atoms with Crippen LogP contribution in [0.3, 0.4) is 0 Å². The van der Waals surface area contributed by atoms with Crippen LogP contribution in [0.5, 0.6) is 0 Å². The van der Waals surface area contributed by atoms with Crippen LogP contribution >= 0.6 is 12.4 Å². The summed E-state index contributed by atoms with van der Waals surface area (Å²) in [7, 11) is 0. The molecule has 0 radical (unpaired) electrons. The Bertz CT molecular complexity index is 427. The Kier molecular flexibility index (Phi) is 4.15. The maximum Gasteiger partial charge on any atom is 0.0585 e. The fourth-order valence-corrected chi connectivity index (χ4v) is 1.65. The number of nitrogens with two attached hydrogens (primary N) is 1. The third-order valence-electron chi connectivity index (χ3n) is 2.39. The zero-order valence-corrected chi connectivity index (χ0v) is 9.13. The summed E-state index contributed by atoms with van der Waals surface area (Å²) in [5, 5.41) is 10.1. The predicted molar refractivity (Wildman–Crippen MR) is 64.3 cm³/mol. The van der Waals surface area contributed by atoms with Crippen LogP contribution in [0.4, 0.5) is 0 Å². The number of aliphatic hydroxyl groups excluding tert-OH is 1. The summed E-state index contributed by atoms with van der Waals surface area (Å²) in [4.78, 5) is 3.18. The van der Waals surface area contributed by atoms with E-state index in [4.69, 9.17) is 10.8 Å². The van der Waals surface area contributed by atoms with Gasteiger partial charge in [-0.3, -0.25) is 0 Å². The second-order valence-corrected chi connectivity index (χ2v) is 3.51. The second kappa shape index (κ2) is 5.16. The van der Waals surface area contributed by atoms with Gasteiger partial charge in [0, 0.05) is 23.1 Å². The molecule has 0 aliphatic rings. The summed E-state index contributed by atoms with van der Waals surface area (Å²) >= 11 is 0. The third kappa shape index (κ3) is 2.50. The fourth-order valence-electron chi connectivity index (χ4n) is 1.65. The molecule has 0 saturated heterocycles. The van der Waals surface area contributed by atoms with Crippen LogP contribution in [-0.2, 0) is 6.42 Å². The van der Waals surface area contributed by atoms with Crippen LogP contribution in [-0.4, -0.2) is 22.7 Å². The quantitative estimate of drug-likeness (QED) is 0.742. The van der Waals surface area contributed by atoms with E-state index >= 15 is 0 Å². The molecule has 0 unspecified atom stereocenters. The molecule has 0 spiro atoms. The summed E-state index contributed by atoms with van der Waals surface area (Å²) in [5.74, 6) is 0. The van der Waals surface area contributed by atoms with E-state index in [0.717, 1.165) is 5.52 Å². The number of para-hydroxylation sites is 1. The Morgan fingerprint density at radius 1 is 1.33 bits per heavy atom. The smallest absolute Gasteiger partial charge is 0.0585 e. The van der Waals surface area contributed by atoms with Gasteiger partial charge in [-0.25, -0.2) is 0 Å². The van der Waals surface area contributed by atoms with Crippen molar-refractivity contribution in [3.63, 3.8) is 0 Å². The molecule has 2 aromatic rings. The van der Waals surface area contributed by atoms with Crippen molar-refractivity contribution in [1.82, 2.24) is 4.98 Å². The first-order valence-electron chi connectivity index (χ1n) is 4.72. The zero-order chi connectivity index (χ0) is 9.97.